The first-order chi connectivity index (χ1) is 15.0. The fraction of sp³-hybridized carbons (Fsp3) is 0.417. The molecule has 0 spiro atoms. The van der Waals surface area contributed by atoms with Crippen LogP contribution in [0.1, 0.15) is 41.6 Å². The quantitative estimate of drug-likeness (QED) is 0.666. The highest BCUT2D eigenvalue weighted by Crippen LogP contribution is 2.42. The number of nitrogens with zero attached hydrogens (tertiary/aromatic N) is 1. The molecule has 2 atom stereocenters. The summed E-state index contributed by atoms with van der Waals surface area (Å²) in [6, 6.07) is 14.4. The Kier molecular flexibility index (Phi) is 7.85. The SMILES string of the molecule is COc1ccc(C(=O)N2C(C(=O)NCCC(C)C)CSC2c2ccccc2)cc1OC. The number of carbonyl (C=O) groups is 2. The summed E-state index contributed by atoms with van der Waals surface area (Å²) in [5.74, 6) is 1.77. The van der Waals surface area contributed by atoms with E-state index >= 15 is 0 Å². The molecule has 2 amide bonds. The smallest absolute Gasteiger partial charge is 0.255 e. The van der Waals surface area contributed by atoms with Crippen LogP contribution in [0.4, 0.5) is 0 Å². The van der Waals surface area contributed by atoms with Crippen LogP contribution in [0, 0.1) is 5.92 Å². The third-order valence-corrected chi connectivity index (χ3v) is 6.60. The lowest BCUT2D eigenvalue weighted by atomic mass is 10.1. The summed E-state index contributed by atoms with van der Waals surface area (Å²) in [5, 5.41) is 2.78. The Balaban J connectivity index is 1.90. The Morgan fingerprint density at radius 1 is 1.10 bits per heavy atom. The number of ether oxygens (including phenoxy) is 2. The molecule has 1 heterocycles. The van der Waals surface area contributed by atoms with E-state index in [0.29, 0.717) is 35.3 Å². The molecule has 1 saturated heterocycles. The molecule has 1 N–H and O–H groups in total. The van der Waals surface area contributed by atoms with Crippen molar-refractivity contribution in [3.63, 3.8) is 0 Å². The Morgan fingerprint density at radius 3 is 2.45 bits per heavy atom. The number of rotatable bonds is 8. The van der Waals surface area contributed by atoms with E-state index < -0.39 is 6.04 Å². The highest BCUT2D eigenvalue weighted by Gasteiger charge is 2.42. The van der Waals surface area contributed by atoms with Crippen LogP contribution in [0.5, 0.6) is 11.5 Å². The molecule has 0 saturated carbocycles. The average molecular weight is 443 g/mol. The molecule has 6 nitrogen and oxygen atoms in total. The van der Waals surface area contributed by atoms with Gasteiger partial charge in [-0.2, -0.15) is 0 Å². The van der Waals surface area contributed by atoms with E-state index in [9.17, 15) is 9.59 Å². The summed E-state index contributed by atoms with van der Waals surface area (Å²) in [4.78, 5) is 28.3. The summed E-state index contributed by atoms with van der Waals surface area (Å²) in [6.45, 7) is 4.85. The van der Waals surface area contributed by atoms with Crippen molar-refractivity contribution in [3.05, 3.63) is 59.7 Å². The van der Waals surface area contributed by atoms with Crippen molar-refractivity contribution in [2.75, 3.05) is 26.5 Å². The minimum Gasteiger partial charge on any atom is -0.493 e. The van der Waals surface area contributed by atoms with Crippen LogP contribution in [-0.2, 0) is 4.79 Å². The van der Waals surface area contributed by atoms with Crippen LogP contribution in [0.3, 0.4) is 0 Å². The van der Waals surface area contributed by atoms with Gasteiger partial charge >= 0.3 is 0 Å². The van der Waals surface area contributed by atoms with E-state index in [0.717, 1.165) is 12.0 Å². The molecule has 2 unspecified atom stereocenters. The van der Waals surface area contributed by atoms with Crippen LogP contribution in [0.2, 0.25) is 0 Å². The maximum atomic E-state index is 13.6. The lowest BCUT2D eigenvalue weighted by molar-refractivity contribution is -0.124. The standard InChI is InChI=1S/C24H30N2O4S/c1-16(2)12-13-25-22(27)19-15-31-24(17-8-6-5-7-9-17)26(19)23(28)18-10-11-20(29-3)21(14-18)30-4/h5-11,14,16,19,24H,12-13,15H2,1-4H3,(H,25,27). The monoisotopic (exact) mass is 442 g/mol. The molecule has 1 fully saturated rings. The largest absolute Gasteiger partial charge is 0.493 e. The number of amides is 2. The number of carbonyl (C=O) groups excluding carboxylic acids is 2. The Labute approximate surface area is 188 Å². The van der Waals surface area contributed by atoms with Gasteiger partial charge in [-0.25, -0.2) is 0 Å². The minimum atomic E-state index is -0.539. The maximum Gasteiger partial charge on any atom is 0.255 e. The topological polar surface area (TPSA) is 67.9 Å². The molecule has 0 bridgehead atoms. The lowest BCUT2D eigenvalue weighted by Crippen LogP contribution is -2.48. The lowest BCUT2D eigenvalue weighted by Gasteiger charge is -2.29. The molecule has 31 heavy (non-hydrogen) atoms. The van der Waals surface area contributed by atoms with Crippen molar-refractivity contribution in [1.82, 2.24) is 10.2 Å². The van der Waals surface area contributed by atoms with Crippen LogP contribution in [-0.4, -0.2) is 49.3 Å². The molecule has 166 valence electrons. The molecule has 2 aromatic carbocycles. The normalized spacial score (nSPS) is 18.2. The molecule has 2 aromatic rings. The second kappa shape index (κ2) is 10.6. The first kappa shape index (κ1) is 23.0. The van der Waals surface area contributed by atoms with Crippen LogP contribution in [0.25, 0.3) is 0 Å². The van der Waals surface area contributed by atoms with E-state index in [1.165, 1.54) is 7.11 Å². The molecule has 0 aromatic heterocycles. The van der Waals surface area contributed by atoms with E-state index in [1.807, 2.05) is 30.3 Å². The molecule has 1 aliphatic heterocycles. The fourth-order valence-corrected chi connectivity index (χ4v) is 4.98. The van der Waals surface area contributed by atoms with Crippen LogP contribution < -0.4 is 14.8 Å². The van der Waals surface area contributed by atoms with Gasteiger partial charge in [-0.15, -0.1) is 11.8 Å². The molecule has 0 radical (unpaired) electrons. The number of nitrogens with one attached hydrogen (secondary N) is 1. The van der Waals surface area contributed by atoms with Gasteiger partial charge in [0.2, 0.25) is 5.91 Å². The van der Waals surface area contributed by atoms with Crippen LogP contribution >= 0.6 is 11.8 Å². The predicted molar refractivity (Wildman–Crippen MR) is 124 cm³/mol. The van der Waals surface area contributed by atoms with Gasteiger partial charge < -0.3 is 19.7 Å². The molecular formula is C24H30N2O4S. The van der Waals surface area contributed by atoms with Crippen molar-refractivity contribution >= 4 is 23.6 Å². The van der Waals surface area contributed by atoms with E-state index in [1.54, 1.807) is 42.0 Å². The molecule has 3 rings (SSSR count). The zero-order valence-corrected chi connectivity index (χ0v) is 19.3. The van der Waals surface area contributed by atoms with Gasteiger partial charge in [0, 0.05) is 17.9 Å². The second-order valence-corrected chi connectivity index (χ2v) is 8.98. The summed E-state index contributed by atoms with van der Waals surface area (Å²) in [6.07, 6.45) is 0.900. The zero-order chi connectivity index (χ0) is 22.4. The number of thioether (sulfide) groups is 1. The van der Waals surface area contributed by atoms with Crippen molar-refractivity contribution in [2.24, 2.45) is 5.92 Å². The highest BCUT2D eigenvalue weighted by molar-refractivity contribution is 7.99. The molecule has 7 heteroatoms. The molecule has 0 aliphatic carbocycles. The van der Waals surface area contributed by atoms with Crippen molar-refractivity contribution in [3.8, 4) is 11.5 Å². The van der Waals surface area contributed by atoms with E-state index in [4.69, 9.17) is 9.47 Å². The van der Waals surface area contributed by atoms with Gasteiger partial charge in [0.05, 0.1) is 14.2 Å². The first-order valence-corrected chi connectivity index (χ1v) is 11.5. The number of benzene rings is 2. The fourth-order valence-electron chi connectivity index (χ4n) is 3.55. The minimum absolute atomic E-state index is 0.111. The van der Waals surface area contributed by atoms with Crippen molar-refractivity contribution < 1.29 is 19.1 Å². The molecular weight excluding hydrogens is 412 g/mol. The summed E-state index contributed by atoms with van der Waals surface area (Å²) >= 11 is 1.61. The maximum absolute atomic E-state index is 13.6. The highest BCUT2D eigenvalue weighted by atomic mass is 32.2. The summed E-state index contributed by atoms with van der Waals surface area (Å²) < 4.78 is 10.7. The van der Waals surface area contributed by atoms with Gasteiger partial charge in [-0.3, -0.25) is 9.59 Å². The van der Waals surface area contributed by atoms with Crippen molar-refractivity contribution in [2.45, 2.75) is 31.7 Å². The Hall–Kier alpha value is -2.67. The third kappa shape index (κ3) is 5.34. The summed E-state index contributed by atoms with van der Waals surface area (Å²) in [5.41, 5.74) is 1.46. The number of hydrogen-bond donors (Lipinski definition) is 1. The van der Waals surface area contributed by atoms with E-state index in [-0.39, 0.29) is 17.2 Å². The van der Waals surface area contributed by atoms with Gasteiger partial charge in [0.25, 0.3) is 5.91 Å². The van der Waals surface area contributed by atoms with E-state index in [2.05, 4.69) is 19.2 Å². The van der Waals surface area contributed by atoms with Crippen LogP contribution in [0.15, 0.2) is 48.5 Å². The van der Waals surface area contributed by atoms with Gasteiger partial charge in [-0.05, 0) is 36.1 Å². The Bertz CT molecular complexity index is 904. The number of methoxy groups -OCH3 is 2. The zero-order valence-electron chi connectivity index (χ0n) is 18.5. The third-order valence-electron chi connectivity index (χ3n) is 5.27. The first-order valence-electron chi connectivity index (χ1n) is 10.4. The van der Waals surface area contributed by atoms with Crippen molar-refractivity contribution in [1.29, 1.82) is 0 Å². The van der Waals surface area contributed by atoms with Gasteiger partial charge in [0.1, 0.15) is 11.4 Å². The second-order valence-electron chi connectivity index (χ2n) is 7.87. The molecule has 1 aliphatic rings. The van der Waals surface area contributed by atoms with Gasteiger partial charge in [-0.1, -0.05) is 44.2 Å². The van der Waals surface area contributed by atoms with Gasteiger partial charge in [0.15, 0.2) is 11.5 Å². The predicted octanol–water partition coefficient (Wildman–Crippen LogP) is 4.12. The summed E-state index contributed by atoms with van der Waals surface area (Å²) in [7, 11) is 3.09. The Morgan fingerprint density at radius 2 is 1.81 bits per heavy atom. The average Bonchev–Trinajstić information content (AvgIpc) is 3.23. The number of hydrogen-bond acceptors (Lipinski definition) is 5.